The number of nitrogens with two attached hydrogens (primary N) is 1. The second kappa shape index (κ2) is 5.52. The Morgan fingerprint density at radius 3 is 2.39 bits per heavy atom. The average molecular weight is 284 g/mol. The van der Waals surface area contributed by atoms with E-state index in [0.29, 0.717) is 27.2 Å². The molecule has 0 aliphatic rings. The third-order valence-corrected chi connectivity index (χ3v) is 3.15. The molecule has 1 unspecified atom stereocenters. The lowest BCUT2D eigenvalue weighted by molar-refractivity contribution is 0.387. The van der Waals surface area contributed by atoms with Gasteiger partial charge in [-0.15, -0.1) is 0 Å². The van der Waals surface area contributed by atoms with Crippen LogP contribution in [-0.4, -0.2) is 17.1 Å². The number of hydrogen-bond acceptors (Lipinski definition) is 4. The van der Waals surface area contributed by atoms with E-state index in [1.54, 1.807) is 24.4 Å². The minimum Gasteiger partial charge on any atom is -0.480 e. The first kappa shape index (κ1) is 13.1. The number of methoxy groups -OCH3 is 1. The van der Waals surface area contributed by atoms with E-state index in [4.69, 9.17) is 33.7 Å². The summed E-state index contributed by atoms with van der Waals surface area (Å²) in [6, 6.07) is 4.63. The van der Waals surface area contributed by atoms with Gasteiger partial charge in [0.2, 0.25) is 5.88 Å². The van der Waals surface area contributed by atoms with Crippen molar-refractivity contribution in [3.05, 3.63) is 51.9 Å². The summed E-state index contributed by atoms with van der Waals surface area (Å²) in [4.78, 5) is 8.23. The van der Waals surface area contributed by atoms with E-state index in [0.717, 1.165) is 0 Å². The van der Waals surface area contributed by atoms with E-state index in [1.807, 2.05) is 0 Å². The molecule has 0 fully saturated rings. The van der Waals surface area contributed by atoms with Crippen LogP contribution >= 0.6 is 23.2 Å². The molecule has 1 aromatic heterocycles. The Kier molecular flexibility index (Phi) is 4.01. The highest BCUT2D eigenvalue weighted by molar-refractivity contribution is 6.36. The molecule has 0 aliphatic carbocycles. The van der Waals surface area contributed by atoms with Gasteiger partial charge in [0.25, 0.3) is 0 Å². The van der Waals surface area contributed by atoms with E-state index in [9.17, 15) is 0 Å². The third-order valence-electron chi connectivity index (χ3n) is 2.49. The summed E-state index contributed by atoms with van der Waals surface area (Å²) in [5.41, 5.74) is 7.25. The zero-order chi connectivity index (χ0) is 13.1. The molecule has 2 aromatic rings. The van der Waals surface area contributed by atoms with Gasteiger partial charge in [-0.3, -0.25) is 4.98 Å². The number of halogens is 2. The highest BCUT2D eigenvalue weighted by Crippen LogP contribution is 2.34. The molecule has 0 saturated carbocycles. The van der Waals surface area contributed by atoms with Gasteiger partial charge < -0.3 is 10.5 Å². The zero-order valence-corrected chi connectivity index (χ0v) is 11.1. The van der Waals surface area contributed by atoms with Crippen molar-refractivity contribution in [1.82, 2.24) is 9.97 Å². The molecule has 0 amide bonds. The third kappa shape index (κ3) is 2.41. The molecule has 4 nitrogen and oxygen atoms in total. The van der Waals surface area contributed by atoms with Crippen molar-refractivity contribution in [2.75, 3.05) is 7.11 Å². The normalized spacial score (nSPS) is 12.2. The zero-order valence-electron chi connectivity index (χ0n) is 9.60. The fourth-order valence-electron chi connectivity index (χ4n) is 1.65. The van der Waals surface area contributed by atoms with Crippen molar-refractivity contribution in [3.8, 4) is 5.88 Å². The number of aromatic nitrogens is 2. The van der Waals surface area contributed by atoms with E-state index in [-0.39, 0.29) is 0 Å². The standard InChI is InChI=1S/C12H11Cl2N3O/c1-18-12-11(16-5-6-17-12)10(15)9-7(13)3-2-4-8(9)14/h2-6,10H,15H2,1H3. The highest BCUT2D eigenvalue weighted by atomic mass is 35.5. The van der Waals surface area contributed by atoms with E-state index >= 15 is 0 Å². The SMILES string of the molecule is COc1nccnc1C(N)c1c(Cl)cccc1Cl. The summed E-state index contributed by atoms with van der Waals surface area (Å²) in [7, 11) is 1.51. The van der Waals surface area contributed by atoms with Crippen LogP contribution in [0.2, 0.25) is 10.0 Å². The first-order valence-corrected chi connectivity index (χ1v) is 5.95. The minimum atomic E-state index is -0.588. The Hall–Kier alpha value is -1.36. The Morgan fingerprint density at radius 2 is 1.78 bits per heavy atom. The largest absolute Gasteiger partial charge is 0.480 e. The van der Waals surface area contributed by atoms with Crippen LogP contribution in [0.1, 0.15) is 17.3 Å². The number of ether oxygens (including phenoxy) is 1. The molecule has 1 atom stereocenters. The van der Waals surface area contributed by atoms with Crippen LogP contribution in [0.25, 0.3) is 0 Å². The summed E-state index contributed by atoms with van der Waals surface area (Å²) in [5, 5.41) is 0.977. The van der Waals surface area contributed by atoms with Gasteiger partial charge in [-0.2, -0.15) is 0 Å². The van der Waals surface area contributed by atoms with Crippen LogP contribution < -0.4 is 10.5 Å². The molecule has 6 heteroatoms. The first-order chi connectivity index (χ1) is 8.65. The van der Waals surface area contributed by atoms with E-state index in [1.165, 1.54) is 13.3 Å². The van der Waals surface area contributed by atoms with Crippen LogP contribution in [0.4, 0.5) is 0 Å². The van der Waals surface area contributed by atoms with Crippen LogP contribution in [-0.2, 0) is 0 Å². The Morgan fingerprint density at radius 1 is 1.17 bits per heavy atom. The fraction of sp³-hybridized carbons (Fsp3) is 0.167. The fourth-order valence-corrected chi connectivity index (χ4v) is 2.28. The Bertz CT molecular complexity index is 543. The quantitative estimate of drug-likeness (QED) is 0.941. The molecule has 0 saturated heterocycles. The smallest absolute Gasteiger partial charge is 0.237 e. The summed E-state index contributed by atoms with van der Waals surface area (Å²) >= 11 is 12.2. The Labute approximate surface area is 115 Å². The lowest BCUT2D eigenvalue weighted by atomic mass is 10.0. The van der Waals surface area contributed by atoms with Gasteiger partial charge in [-0.25, -0.2) is 4.98 Å². The monoisotopic (exact) mass is 283 g/mol. The second-order valence-electron chi connectivity index (χ2n) is 3.56. The lowest BCUT2D eigenvalue weighted by Gasteiger charge is -2.16. The molecule has 2 N–H and O–H groups in total. The molecule has 1 heterocycles. The molecule has 0 aliphatic heterocycles. The second-order valence-corrected chi connectivity index (χ2v) is 4.38. The van der Waals surface area contributed by atoms with Crippen molar-refractivity contribution in [1.29, 1.82) is 0 Å². The maximum absolute atomic E-state index is 6.14. The molecule has 0 spiro atoms. The Balaban J connectivity index is 2.51. The van der Waals surface area contributed by atoms with E-state index < -0.39 is 6.04 Å². The number of hydrogen-bond donors (Lipinski definition) is 1. The van der Waals surface area contributed by atoms with Crippen molar-refractivity contribution >= 4 is 23.2 Å². The molecular formula is C12H11Cl2N3O. The van der Waals surface area contributed by atoms with Crippen molar-refractivity contribution in [3.63, 3.8) is 0 Å². The maximum atomic E-state index is 6.14. The van der Waals surface area contributed by atoms with Crippen LogP contribution in [0.3, 0.4) is 0 Å². The molecule has 0 radical (unpaired) electrons. The number of nitrogens with zero attached hydrogens (tertiary/aromatic N) is 2. The van der Waals surface area contributed by atoms with Crippen molar-refractivity contribution < 1.29 is 4.74 Å². The molecule has 1 aromatic carbocycles. The predicted molar refractivity (Wildman–Crippen MR) is 71.1 cm³/mol. The topological polar surface area (TPSA) is 61.0 Å². The molecular weight excluding hydrogens is 273 g/mol. The molecule has 2 rings (SSSR count). The van der Waals surface area contributed by atoms with Gasteiger partial charge in [0, 0.05) is 28.0 Å². The summed E-state index contributed by atoms with van der Waals surface area (Å²) in [6.45, 7) is 0. The molecule has 18 heavy (non-hydrogen) atoms. The van der Waals surface area contributed by atoms with Crippen LogP contribution in [0, 0.1) is 0 Å². The molecule has 0 bridgehead atoms. The van der Waals surface area contributed by atoms with Gasteiger partial charge in [0.05, 0.1) is 13.2 Å². The van der Waals surface area contributed by atoms with Gasteiger partial charge in [-0.05, 0) is 12.1 Å². The van der Waals surface area contributed by atoms with Gasteiger partial charge in [0.15, 0.2) is 0 Å². The summed E-state index contributed by atoms with van der Waals surface area (Å²) in [5.74, 6) is 0.362. The lowest BCUT2D eigenvalue weighted by Crippen LogP contribution is -2.16. The van der Waals surface area contributed by atoms with Crippen LogP contribution in [0.15, 0.2) is 30.6 Å². The number of benzene rings is 1. The van der Waals surface area contributed by atoms with E-state index in [2.05, 4.69) is 9.97 Å². The van der Waals surface area contributed by atoms with Crippen LogP contribution in [0.5, 0.6) is 5.88 Å². The first-order valence-electron chi connectivity index (χ1n) is 5.19. The predicted octanol–water partition coefficient (Wildman–Crippen LogP) is 2.84. The van der Waals surface area contributed by atoms with Crippen molar-refractivity contribution in [2.24, 2.45) is 5.73 Å². The minimum absolute atomic E-state index is 0.362. The van der Waals surface area contributed by atoms with Gasteiger partial charge in [0.1, 0.15) is 5.69 Å². The summed E-state index contributed by atoms with van der Waals surface area (Å²) in [6.07, 6.45) is 3.08. The van der Waals surface area contributed by atoms with Crippen molar-refractivity contribution in [2.45, 2.75) is 6.04 Å². The van der Waals surface area contributed by atoms with Gasteiger partial charge >= 0.3 is 0 Å². The molecule has 94 valence electrons. The maximum Gasteiger partial charge on any atom is 0.237 e. The van der Waals surface area contributed by atoms with Gasteiger partial charge in [-0.1, -0.05) is 29.3 Å². The average Bonchev–Trinajstić information content (AvgIpc) is 2.38. The number of rotatable bonds is 3. The highest BCUT2D eigenvalue weighted by Gasteiger charge is 2.21. The summed E-state index contributed by atoms with van der Waals surface area (Å²) < 4.78 is 5.13.